The van der Waals surface area contributed by atoms with Gasteiger partial charge >= 0.3 is 5.97 Å². The molecule has 0 radical (unpaired) electrons. The summed E-state index contributed by atoms with van der Waals surface area (Å²) in [4.78, 5) is 11.1. The van der Waals surface area contributed by atoms with Crippen molar-refractivity contribution in [3.8, 4) is 0 Å². The molecule has 0 heterocycles. The maximum absolute atomic E-state index is 11.1. The van der Waals surface area contributed by atoms with E-state index in [0.29, 0.717) is 12.1 Å². The van der Waals surface area contributed by atoms with Gasteiger partial charge in [-0.25, -0.2) is 4.79 Å². The first kappa shape index (κ1) is 17.2. The van der Waals surface area contributed by atoms with Crippen molar-refractivity contribution in [2.75, 3.05) is 6.54 Å². The molecule has 24 heavy (non-hydrogen) atoms. The van der Waals surface area contributed by atoms with E-state index in [0.717, 1.165) is 16.6 Å². The molecule has 2 N–H and O–H groups in total. The number of aromatic carboxylic acids is 1. The summed E-state index contributed by atoms with van der Waals surface area (Å²) < 4.78 is 1.11. The minimum atomic E-state index is -0.876. The van der Waals surface area contributed by atoms with Crippen molar-refractivity contribution in [2.45, 2.75) is 37.6 Å². The van der Waals surface area contributed by atoms with Gasteiger partial charge < -0.3 is 10.4 Å². The van der Waals surface area contributed by atoms with Crippen LogP contribution in [0.5, 0.6) is 0 Å². The molecular weight excluding hydrogens is 366 g/mol. The third-order valence-electron chi connectivity index (χ3n) is 4.98. The molecule has 2 aromatic rings. The van der Waals surface area contributed by atoms with Gasteiger partial charge in [-0.1, -0.05) is 53.0 Å². The third kappa shape index (κ3) is 3.87. The number of halogens is 1. The van der Waals surface area contributed by atoms with Crippen molar-refractivity contribution >= 4 is 21.9 Å². The molecule has 0 bridgehead atoms. The number of benzene rings is 2. The van der Waals surface area contributed by atoms with Gasteiger partial charge in [0.25, 0.3) is 0 Å². The maximum Gasteiger partial charge on any atom is 0.335 e. The van der Waals surface area contributed by atoms with E-state index < -0.39 is 5.97 Å². The molecule has 0 amide bonds. The Bertz CT molecular complexity index is 706. The number of rotatable bonds is 6. The Morgan fingerprint density at radius 3 is 2.50 bits per heavy atom. The lowest BCUT2D eigenvalue weighted by molar-refractivity contribution is 0.0696. The number of hydrogen-bond acceptors (Lipinski definition) is 2. The fourth-order valence-corrected chi connectivity index (χ4v) is 3.95. The van der Waals surface area contributed by atoms with E-state index in [9.17, 15) is 4.79 Å². The van der Waals surface area contributed by atoms with E-state index in [-0.39, 0.29) is 5.41 Å². The number of carboxylic acid groups (broad SMARTS) is 1. The Morgan fingerprint density at radius 2 is 1.83 bits per heavy atom. The van der Waals surface area contributed by atoms with Crippen LogP contribution in [0.4, 0.5) is 0 Å². The molecule has 0 aromatic heterocycles. The lowest BCUT2D eigenvalue weighted by Crippen LogP contribution is -2.35. The lowest BCUT2D eigenvalue weighted by atomic mass is 9.79. The summed E-state index contributed by atoms with van der Waals surface area (Å²) in [5, 5.41) is 12.7. The van der Waals surface area contributed by atoms with Gasteiger partial charge in [0.05, 0.1) is 5.56 Å². The highest BCUT2D eigenvalue weighted by Crippen LogP contribution is 2.41. The van der Waals surface area contributed by atoms with Crippen molar-refractivity contribution in [3.05, 3.63) is 69.7 Å². The zero-order chi connectivity index (χ0) is 17.0. The van der Waals surface area contributed by atoms with Gasteiger partial charge in [-0.15, -0.1) is 0 Å². The van der Waals surface area contributed by atoms with E-state index in [1.807, 2.05) is 6.07 Å². The second-order valence-corrected chi connectivity index (χ2v) is 7.52. The van der Waals surface area contributed by atoms with Crippen LogP contribution in [0.3, 0.4) is 0 Å². The second kappa shape index (κ2) is 7.49. The number of carbonyl (C=O) groups is 1. The van der Waals surface area contributed by atoms with Crippen LogP contribution in [0.1, 0.15) is 47.2 Å². The second-order valence-electron chi connectivity index (χ2n) is 6.60. The van der Waals surface area contributed by atoms with Crippen molar-refractivity contribution < 1.29 is 9.90 Å². The summed E-state index contributed by atoms with van der Waals surface area (Å²) in [7, 11) is 0. The van der Waals surface area contributed by atoms with Crippen molar-refractivity contribution in [1.29, 1.82) is 0 Å². The fourth-order valence-electron chi connectivity index (χ4n) is 3.68. The Morgan fingerprint density at radius 1 is 1.12 bits per heavy atom. The fraction of sp³-hybridized carbons (Fsp3) is 0.350. The van der Waals surface area contributed by atoms with Crippen LogP contribution in [0.15, 0.2) is 53.0 Å². The standard InChI is InChI=1S/C20H22BrNO2/c21-18-8-6-17(7-9-18)20(10-1-2-11-20)14-22-13-15-4-3-5-16(12-15)19(23)24/h3-9,12,22H,1-2,10-11,13-14H2,(H,23,24). The predicted octanol–water partition coefficient (Wildman–Crippen LogP) is 4.75. The van der Waals surface area contributed by atoms with Crippen LogP contribution >= 0.6 is 15.9 Å². The zero-order valence-electron chi connectivity index (χ0n) is 13.6. The molecule has 1 saturated carbocycles. The highest BCUT2D eigenvalue weighted by molar-refractivity contribution is 9.10. The minimum Gasteiger partial charge on any atom is -0.478 e. The molecule has 4 heteroatoms. The van der Waals surface area contributed by atoms with Crippen LogP contribution in [0.2, 0.25) is 0 Å². The van der Waals surface area contributed by atoms with Crippen LogP contribution < -0.4 is 5.32 Å². The lowest BCUT2D eigenvalue weighted by Gasteiger charge is -2.30. The molecule has 1 fully saturated rings. The molecule has 3 rings (SSSR count). The number of hydrogen-bond donors (Lipinski definition) is 2. The van der Waals surface area contributed by atoms with Crippen LogP contribution in [0.25, 0.3) is 0 Å². The van der Waals surface area contributed by atoms with E-state index in [1.165, 1.54) is 31.2 Å². The van der Waals surface area contributed by atoms with Gasteiger partial charge in [0, 0.05) is 23.0 Å². The normalized spacial score (nSPS) is 16.2. The summed E-state index contributed by atoms with van der Waals surface area (Å²) in [6.45, 7) is 1.62. The van der Waals surface area contributed by atoms with E-state index in [1.54, 1.807) is 18.2 Å². The molecule has 126 valence electrons. The third-order valence-corrected chi connectivity index (χ3v) is 5.51. The molecule has 0 saturated heterocycles. The van der Waals surface area contributed by atoms with Crippen molar-refractivity contribution in [1.82, 2.24) is 5.32 Å². The van der Waals surface area contributed by atoms with Gasteiger partial charge in [0.2, 0.25) is 0 Å². The van der Waals surface area contributed by atoms with Gasteiger partial charge in [-0.05, 0) is 48.2 Å². The summed E-state index contributed by atoms with van der Waals surface area (Å²) >= 11 is 3.51. The molecule has 0 atom stereocenters. The smallest absolute Gasteiger partial charge is 0.335 e. The SMILES string of the molecule is O=C(O)c1cccc(CNCC2(c3ccc(Br)cc3)CCCC2)c1. The maximum atomic E-state index is 11.1. The molecule has 1 aliphatic carbocycles. The Kier molecular flexibility index (Phi) is 5.36. The van der Waals surface area contributed by atoms with Gasteiger partial charge in [0.15, 0.2) is 0 Å². The molecule has 1 aliphatic rings. The van der Waals surface area contributed by atoms with E-state index >= 15 is 0 Å². The first-order chi connectivity index (χ1) is 11.6. The van der Waals surface area contributed by atoms with Gasteiger partial charge in [-0.2, -0.15) is 0 Å². The topological polar surface area (TPSA) is 49.3 Å². The summed E-state index contributed by atoms with van der Waals surface area (Å²) in [6.07, 6.45) is 4.95. The number of nitrogens with one attached hydrogen (secondary N) is 1. The summed E-state index contributed by atoms with van der Waals surface area (Å²) in [5.74, 6) is -0.876. The van der Waals surface area contributed by atoms with Crippen LogP contribution in [-0.4, -0.2) is 17.6 Å². The summed E-state index contributed by atoms with van der Waals surface area (Å²) in [5.41, 5.74) is 2.96. The van der Waals surface area contributed by atoms with Gasteiger partial charge in [-0.3, -0.25) is 0 Å². The largest absolute Gasteiger partial charge is 0.478 e. The molecule has 0 unspecified atom stereocenters. The first-order valence-corrected chi connectivity index (χ1v) is 9.17. The Balaban J connectivity index is 1.68. The molecular formula is C20H22BrNO2. The highest BCUT2D eigenvalue weighted by atomic mass is 79.9. The van der Waals surface area contributed by atoms with Crippen molar-refractivity contribution in [2.24, 2.45) is 0 Å². The van der Waals surface area contributed by atoms with Crippen molar-refractivity contribution in [3.63, 3.8) is 0 Å². The Hall–Kier alpha value is -1.65. The predicted molar refractivity (Wildman–Crippen MR) is 99.4 cm³/mol. The Labute approximate surface area is 151 Å². The van der Waals surface area contributed by atoms with Crippen LogP contribution in [-0.2, 0) is 12.0 Å². The molecule has 2 aromatic carbocycles. The highest BCUT2D eigenvalue weighted by Gasteiger charge is 2.35. The average Bonchev–Trinajstić information content (AvgIpc) is 3.06. The molecule has 0 spiro atoms. The molecule has 0 aliphatic heterocycles. The quantitative estimate of drug-likeness (QED) is 0.751. The number of carboxylic acids is 1. The average molecular weight is 388 g/mol. The van der Waals surface area contributed by atoms with E-state index in [4.69, 9.17) is 5.11 Å². The van der Waals surface area contributed by atoms with Gasteiger partial charge in [0.1, 0.15) is 0 Å². The summed E-state index contributed by atoms with van der Waals surface area (Å²) in [6, 6.07) is 15.8. The first-order valence-electron chi connectivity index (χ1n) is 8.38. The molecule has 3 nitrogen and oxygen atoms in total. The van der Waals surface area contributed by atoms with E-state index in [2.05, 4.69) is 45.5 Å². The minimum absolute atomic E-state index is 0.200. The zero-order valence-corrected chi connectivity index (χ0v) is 15.2. The van der Waals surface area contributed by atoms with Crippen LogP contribution in [0, 0.1) is 0 Å². The monoisotopic (exact) mass is 387 g/mol.